The standard InChI is InChI=1S/C17H29N4O6.Y/c1-2-3-18-4-6-19(12-15(22)23)8-10-21(14-17(26)27)11-9-20(7-5-18)13-16(24)25;/h1,3-14H2,(H,22,23)(H,24,25)(H,26,27);/q-1;/p-2. The monoisotopic (exact) mass is 472 g/mol. The predicted octanol–water partition coefficient (Wildman–Crippen LogP) is -4.22. The second-order valence-electron chi connectivity index (χ2n) is 6.49. The Morgan fingerprint density at radius 3 is 1.36 bits per heavy atom. The molecule has 1 aliphatic rings. The molecule has 1 saturated heterocycles. The number of rotatable bonds is 8. The summed E-state index contributed by atoms with van der Waals surface area (Å²) in [5.74, 6) is -3.37. The SMILES string of the molecule is C=[C-]CN1CCN(CC(=O)[O-])CCN(CC(=O)O)CCN(CC(=O)[O-])CC1.[Y]. The van der Waals surface area contributed by atoms with Gasteiger partial charge < -0.3 is 35.9 Å². The Morgan fingerprint density at radius 1 is 0.750 bits per heavy atom. The van der Waals surface area contributed by atoms with Crippen molar-refractivity contribution in [3.63, 3.8) is 0 Å². The summed E-state index contributed by atoms with van der Waals surface area (Å²) in [5.41, 5.74) is 0. The van der Waals surface area contributed by atoms with Gasteiger partial charge in [-0.05, 0) is 0 Å². The van der Waals surface area contributed by atoms with Crippen LogP contribution >= 0.6 is 0 Å². The zero-order chi connectivity index (χ0) is 20.2. The minimum Gasteiger partial charge on any atom is -0.549 e. The number of carboxylic acid groups (broad SMARTS) is 3. The molecule has 1 rings (SSSR count). The summed E-state index contributed by atoms with van der Waals surface area (Å²) in [5, 5.41) is 31.1. The molecule has 0 aromatic carbocycles. The summed E-state index contributed by atoms with van der Waals surface area (Å²) >= 11 is 0. The summed E-state index contributed by atoms with van der Waals surface area (Å²) in [4.78, 5) is 40.2. The van der Waals surface area contributed by atoms with Crippen molar-refractivity contribution in [2.75, 3.05) is 78.5 Å². The Hall–Kier alpha value is -0.906. The quantitative estimate of drug-likeness (QED) is 0.347. The van der Waals surface area contributed by atoms with Crippen LogP contribution in [0.4, 0.5) is 0 Å². The van der Waals surface area contributed by atoms with Crippen LogP contribution < -0.4 is 10.2 Å². The Morgan fingerprint density at radius 2 is 1.07 bits per heavy atom. The summed E-state index contributed by atoms with van der Waals surface area (Å²) < 4.78 is 0. The third-order valence-electron chi connectivity index (χ3n) is 4.33. The van der Waals surface area contributed by atoms with Gasteiger partial charge in [-0.25, -0.2) is 0 Å². The second-order valence-corrected chi connectivity index (χ2v) is 6.49. The molecule has 28 heavy (non-hydrogen) atoms. The number of aliphatic carboxylic acids is 3. The molecular weight excluding hydrogens is 445 g/mol. The van der Waals surface area contributed by atoms with E-state index >= 15 is 0 Å². The maximum absolute atomic E-state index is 11.1. The van der Waals surface area contributed by atoms with Crippen LogP contribution in [0.1, 0.15) is 0 Å². The van der Waals surface area contributed by atoms with E-state index in [9.17, 15) is 24.6 Å². The molecule has 0 atom stereocenters. The fourth-order valence-electron chi connectivity index (χ4n) is 2.93. The first kappa shape index (κ1) is 27.1. The van der Waals surface area contributed by atoms with Gasteiger partial charge in [0, 0.05) is 98.2 Å². The third kappa shape index (κ3) is 12.5. The van der Waals surface area contributed by atoms with E-state index in [4.69, 9.17) is 5.11 Å². The largest absolute Gasteiger partial charge is 0.549 e. The topological polar surface area (TPSA) is 131 Å². The van der Waals surface area contributed by atoms with Gasteiger partial charge in [-0.3, -0.25) is 26.1 Å². The predicted molar refractivity (Wildman–Crippen MR) is 92.3 cm³/mol. The minimum absolute atomic E-state index is 0. The van der Waals surface area contributed by atoms with Crippen LogP contribution in [0, 0.1) is 6.08 Å². The number of hydrogen-bond acceptors (Lipinski definition) is 9. The summed E-state index contributed by atoms with van der Waals surface area (Å²) in [6.45, 7) is 6.86. The molecule has 1 radical (unpaired) electrons. The van der Waals surface area contributed by atoms with Gasteiger partial charge in [0.25, 0.3) is 0 Å². The number of carbonyl (C=O) groups excluding carboxylic acids is 2. The second kappa shape index (κ2) is 15.0. The van der Waals surface area contributed by atoms with Crippen LogP contribution in [0.15, 0.2) is 6.58 Å². The van der Waals surface area contributed by atoms with Gasteiger partial charge in [-0.1, -0.05) is 0 Å². The maximum atomic E-state index is 11.1. The van der Waals surface area contributed by atoms with Crippen LogP contribution in [0.2, 0.25) is 0 Å². The van der Waals surface area contributed by atoms with Crippen LogP contribution in [0.25, 0.3) is 0 Å². The van der Waals surface area contributed by atoms with E-state index < -0.39 is 17.9 Å². The van der Waals surface area contributed by atoms with Gasteiger partial charge in [-0.2, -0.15) is 0 Å². The maximum Gasteiger partial charge on any atom is 0.317 e. The molecule has 0 bridgehead atoms. The van der Waals surface area contributed by atoms with Crippen molar-refractivity contribution in [3.8, 4) is 0 Å². The molecule has 0 amide bonds. The molecule has 157 valence electrons. The van der Waals surface area contributed by atoms with Gasteiger partial charge in [0.05, 0.1) is 18.5 Å². The molecular formula is C17H27N4O6Y-3. The van der Waals surface area contributed by atoms with Crippen molar-refractivity contribution in [1.29, 1.82) is 0 Å². The number of hydrogen-bond donors (Lipinski definition) is 1. The fourth-order valence-corrected chi connectivity index (χ4v) is 2.93. The van der Waals surface area contributed by atoms with E-state index in [2.05, 4.69) is 12.7 Å². The summed E-state index contributed by atoms with van der Waals surface area (Å²) in [7, 11) is 0. The molecule has 0 saturated carbocycles. The Labute approximate surface area is 190 Å². The van der Waals surface area contributed by atoms with Crippen LogP contribution in [-0.2, 0) is 47.1 Å². The molecule has 11 heteroatoms. The molecule has 0 aromatic rings. The van der Waals surface area contributed by atoms with Gasteiger partial charge in [0.1, 0.15) is 0 Å². The van der Waals surface area contributed by atoms with Crippen molar-refractivity contribution in [2.45, 2.75) is 0 Å². The van der Waals surface area contributed by atoms with E-state index in [1.54, 1.807) is 14.7 Å². The van der Waals surface area contributed by atoms with Crippen LogP contribution in [0.3, 0.4) is 0 Å². The van der Waals surface area contributed by atoms with Crippen molar-refractivity contribution < 1.29 is 62.4 Å². The zero-order valence-electron chi connectivity index (χ0n) is 16.0. The van der Waals surface area contributed by atoms with Gasteiger partial charge in [0.15, 0.2) is 0 Å². The molecule has 0 unspecified atom stereocenters. The molecule has 0 spiro atoms. The third-order valence-corrected chi connectivity index (χ3v) is 4.33. The molecule has 10 nitrogen and oxygen atoms in total. The van der Waals surface area contributed by atoms with Crippen molar-refractivity contribution in [2.24, 2.45) is 0 Å². The first-order valence-electron chi connectivity index (χ1n) is 8.81. The van der Waals surface area contributed by atoms with Gasteiger partial charge >= 0.3 is 5.97 Å². The Bertz CT molecular complexity index is 490. The summed E-state index contributed by atoms with van der Waals surface area (Å²) in [6, 6.07) is 0. The normalized spacial score (nSPS) is 19.0. The number of carbonyl (C=O) groups is 3. The molecule has 1 heterocycles. The number of carboxylic acids is 3. The molecule has 0 aromatic heterocycles. The van der Waals surface area contributed by atoms with E-state index in [1.807, 2.05) is 4.90 Å². The summed E-state index contributed by atoms with van der Waals surface area (Å²) in [6.07, 6.45) is 2.80. The smallest absolute Gasteiger partial charge is 0.317 e. The first-order chi connectivity index (χ1) is 12.8. The number of nitrogens with zero attached hydrogens (tertiary/aromatic N) is 4. The molecule has 1 N–H and O–H groups in total. The van der Waals surface area contributed by atoms with E-state index in [1.165, 1.54) is 0 Å². The van der Waals surface area contributed by atoms with E-state index in [0.717, 1.165) is 0 Å². The fraction of sp³-hybridized carbons (Fsp3) is 0.706. The Balaban J connectivity index is 0.00000729. The van der Waals surface area contributed by atoms with E-state index in [0.29, 0.717) is 58.9 Å². The zero-order valence-corrected chi connectivity index (χ0v) is 18.9. The average molecular weight is 472 g/mol. The van der Waals surface area contributed by atoms with Gasteiger partial charge in [0.2, 0.25) is 0 Å². The average Bonchev–Trinajstić information content (AvgIpc) is 2.56. The molecule has 0 aliphatic carbocycles. The molecule has 1 fully saturated rings. The van der Waals surface area contributed by atoms with Crippen molar-refractivity contribution in [1.82, 2.24) is 19.6 Å². The van der Waals surface area contributed by atoms with Crippen molar-refractivity contribution >= 4 is 17.9 Å². The van der Waals surface area contributed by atoms with Gasteiger partial charge in [-0.15, -0.1) is 6.54 Å². The van der Waals surface area contributed by atoms with E-state index in [-0.39, 0.29) is 52.3 Å². The minimum atomic E-state index is -1.19. The first-order valence-corrected chi connectivity index (χ1v) is 8.81. The van der Waals surface area contributed by atoms with Crippen LogP contribution in [-0.4, -0.2) is 121 Å². The molecule has 1 aliphatic heterocycles. The van der Waals surface area contributed by atoms with Crippen molar-refractivity contribution in [3.05, 3.63) is 12.7 Å². The Kier molecular flexibility index (Phi) is 14.5. The van der Waals surface area contributed by atoms with Crippen LogP contribution in [0.5, 0.6) is 0 Å².